The molecular formula is C12H15F2N3. The van der Waals surface area contributed by atoms with Crippen molar-refractivity contribution in [1.29, 1.82) is 0 Å². The summed E-state index contributed by atoms with van der Waals surface area (Å²) in [6, 6.07) is 2.58. The molecule has 0 saturated carbocycles. The normalized spacial score (nSPS) is 13.2. The van der Waals surface area contributed by atoms with Gasteiger partial charge < -0.3 is 10.7 Å². The number of fused-ring (bicyclic) bond motifs is 1. The van der Waals surface area contributed by atoms with Crippen LogP contribution in [0, 0.1) is 11.6 Å². The Labute approximate surface area is 98.0 Å². The molecular weight excluding hydrogens is 224 g/mol. The number of nitrogens with one attached hydrogen (secondary N) is 1. The lowest BCUT2D eigenvalue weighted by molar-refractivity contribution is 0.515. The molecule has 2 aromatic rings. The van der Waals surface area contributed by atoms with Gasteiger partial charge in [0, 0.05) is 12.5 Å². The molecule has 1 atom stereocenters. The zero-order valence-electron chi connectivity index (χ0n) is 9.63. The number of halogens is 2. The molecule has 0 fully saturated rings. The molecule has 17 heavy (non-hydrogen) atoms. The smallest absolute Gasteiger partial charge is 0.186 e. The van der Waals surface area contributed by atoms with Crippen LogP contribution in [0.15, 0.2) is 12.1 Å². The van der Waals surface area contributed by atoms with Gasteiger partial charge in [0.1, 0.15) is 11.3 Å². The number of hydrogen-bond acceptors (Lipinski definition) is 2. The van der Waals surface area contributed by atoms with Crippen LogP contribution >= 0.6 is 0 Å². The summed E-state index contributed by atoms with van der Waals surface area (Å²) in [6.07, 6.45) is 1.84. The third-order valence-corrected chi connectivity index (χ3v) is 2.87. The molecule has 0 aliphatic heterocycles. The van der Waals surface area contributed by atoms with Crippen LogP contribution in [0.4, 0.5) is 8.78 Å². The van der Waals surface area contributed by atoms with Crippen LogP contribution in [0.5, 0.6) is 0 Å². The molecule has 92 valence electrons. The average Bonchev–Trinajstić information content (AvgIpc) is 2.75. The van der Waals surface area contributed by atoms with Crippen molar-refractivity contribution in [2.75, 3.05) is 6.54 Å². The van der Waals surface area contributed by atoms with E-state index in [4.69, 9.17) is 5.73 Å². The van der Waals surface area contributed by atoms with E-state index in [0.29, 0.717) is 17.9 Å². The molecule has 1 unspecified atom stereocenters. The van der Waals surface area contributed by atoms with E-state index in [2.05, 4.69) is 9.97 Å². The largest absolute Gasteiger partial charge is 0.342 e. The highest BCUT2D eigenvalue weighted by atomic mass is 19.2. The Morgan fingerprint density at radius 1 is 1.41 bits per heavy atom. The highest BCUT2D eigenvalue weighted by Gasteiger charge is 2.16. The Bertz CT molecular complexity index is 522. The van der Waals surface area contributed by atoms with Gasteiger partial charge in [-0.25, -0.2) is 13.8 Å². The van der Waals surface area contributed by atoms with Gasteiger partial charge in [0.05, 0.1) is 5.52 Å². The lowest BCUT2D eigenvalue weighted by atomic mass is 10.0. The molecule has 0 aliphatic carbocycles. The average molecular weight is 239 g/mol. The quantitative estimate of drug-likeness (QED) is 0.861. The fraction of sp³-hybridized carbons (Fsp3) is 0.417. The summed E-state index contributed by atoms with van der Waals surface area (Å²) < 4.78 is 26.5. The number of imidazole rings is 1. The lowest BCUT2D eigenvalue weighted by Gasteiger charge is -2.09. The number of hydrogen-bond donors (Lipinski definition) is 2. The predicted molar refractivity (Wildman–Crippen MR) is 62.7 cm³/mol. The number of benzene rings is 1. The van der Waals surface area contributed by atoms with Crippen molar-refractivity contribution >= 4 is 11.0 Å². The van der Waals surface area contributed by atoms with Gasteiger partial charge in [0.15, 0.2) is 11.6 Å². The van der Waals surface area contributed by atoms with Crippen LogP contribution in [0.3, 0.4) is 0 Å². The van der Waals surface area contributed by atoms with E-state index < -0.39 is 11.6 Å². The number of aromatic amines is 1. The maximum atomic E-state index is 13.5. The van der Waals surface area contributed by atoms with Gasteiger partial charge in [0.2, 0.25) is 0 Å². The number of rotatable bonds is 4. The Hall–Kier alpha value is -1.49. The SMILES string of the molecule is CCCC(CN)c1nc2c(F)c(F)ccc2[nH]1. The summed E-state index contributed by atoms with van der Waals surface area (Å²) in [4.78, 5) is 7.11. The molecule has 0 radical (unpaired) electrons. The van der Waals surface area contributed by atoms with Crippen LogP contribution < -0.4 is 5.73 Å². The first-order chi connectivity index (χ1) is 8.17. The summed E-state index contributed by atoms with van der Waals surface area (Å²) in [5.41, 5.74) is 6.21. The molecule has 5 heteroatoms. The monoisotopic (exact) mass is 239 g/mol. The molecule has 2 rings (SSSR count). The maximum absolute atomic E-state index is 13.5. The molecule has 0 bridgehead atoms. The van der Waals surface area contributed by atoms with Gasteiger partial charge in [-0.1, -0.05) is 13.3 Å². The van der Waals surface area contributed by atoms with Gasteiger partial charge in [-0.05, 0) is 18.6 Å². The van der Waals surface area contributed by atoms with Crippen LogP contribution in [0.1, 0.15) is 31.5 Å². The highest BCUT2D eigenvalue weighted by Crippen LogP contribution is 2.23. The maximum Gasteiger partial charge on any atom is 0.186 e. The molecule has 0 amide bonds. The Morgan fingerprint density at radius 3 is 2.82 bits per heavy atom. The van der Waals surface area contributed by atoms with Crippen molar-refractivity contribution in [3.8, 4) is 0 Å². The Kier molecular flexibility index (Phi) is 3.38. The number of nitrogens with two attached hydrogens (primary N) is 1. The zero-order chi connectivity index (χ0) is 12.4. The minimum atomic E-state index is -0.905. The van der Waals surface area contributed by atoms with Crippen molar-refractivity contribution in [1.82, 2.24) is 9.97 Å². The number of nitrogens with zero attached hydrogens (tertiary/aromatic N) is 1. The lowest BCUT2D eigenvalue weighted by Crippen LogP contribution is -2.13. The zero-order valence-corrected chi connectivity index (χ0v) is 9.63. The highest BCUT2D eigenvalue weighted by molar-refractivity contribution is 5.75. The summed E-state index contributed by atoms with van der Waals surface area (Å²) in [5, 5.41) is 0. The first-order valence-corrected chi connectivity index (χ1v) is 5.71. The van der Waals surface area contributed by atoms with Gasteiger partial charge >= 0.3 is 0 Å². The molecule has 0 saturated heterocycles. The second kappa shape index (κ2) is 4.79. The topological polar surface area (TPSA) is 54.7 Å². The first-order valence-electron chi connectivity index (χ1n) is 5.71. The van der Waals surface area contributed by atoms with Gasteiger partial charge in [0.25, 0.3) is 0 Å². The fourth-order valence-corrected chi connectivity index (χ4v) is 1.94. The summed E-state index contributed by atoms with van der Waals surface area (Å²) in [7, 11) is 0. The minimum absolute atomic E-state index is 0.0505. The summed E-state index contributed by atoms with van der Waals surface area (Å²) in [6.45, 7) is 2.49. The summed E-state index contributed by atoms with van der Waals surface area (Å²) >= 11 is 0. The number of aromatic nitrogens is 2. The Balaban J connectivity index is 2.47. The second-order valence-corrected chi connectivity index (χ2v) is 4.10. The van der Waals surface area contributed by atoms with E-state index in [0.717, 1.165) is 18.9 Å². The molecule has 1 heterocycles. The third-order valence-electron chi connectivity index (χ3n) is 2.87. The first kappa shape index (κ1) is 12.0. The predicted octanol–water partition coefficient (Wildman–Crippen LogP) is 2.68. The van der Waals surface area contributed by atoms with E-state index >= 15 is 0 Å². The van der Waals surface area contributed by atoms with Crippen LogP contribution in [-0.4, -0.2) is 16.5 Å². The fourth-order valence-electron chi connectivity index (χ4n) is 1.94. The molecule has 1 aromatic heterocycles. The van der Waals surface area contributed by atoms with Gasteiger partial charge in [-0.3, -0.25) is 0 Å². The van der Waals surface area contributed by atoms with E-state index in [-0.39, 0.29) is 11.4 Å². The van der Waals surface area contributed by atoms with Gasteiger partial charge in [-0.2, -0.15) is 0 Å². The molecule has 0 spiro atoms. The van der Waals surface area contributed by atoms with Crippen molar-refractivity contribution < 1.29 is 8.78 Å². The Morgan fingerprint density at radius 2 is 2.18 bits per heavy atom. The van der Waals surface area contributed by atoms with Crippen LogP contribution in [0.25, 0.3) is 11.0 Å². The molecule has 3 N–H and O–H groups in total. The summed E-state index contributed by atoms with van der Waals surface area (Å²) in [5.74, 6) is -1.09. The number of H-pyrrole nitrogens is 1. The van der Waals surface area contributed by atoms with E-state index in [9.17, 15) is 8.78 Å². The van der Waals surface area contributed by atoms with E-state index in [1.54, 1.807) is 0 Å². The van der Waals surface area contributed by atoms with E-state index in [1.165, 1.54) is 6.07 Å². The van der Waals surface area contributed by atoms with Gasteiger partial charge in [-0.15, -0.1) is 0 Å². The molecule has 1 aromatic carbocycles. The standard InChI is InChI=1S/C12H15F2N3/c1-2-3-7(6-15)12-16-9-5-4-8(13)10(14)11(9)17-12/h4-5,7H,2-3,6,15H2,1H3,(H,16,17). The second-order valence-electron chi connectivity index (χ2n) is 4.10. The van der Waals surface area contributed by atoms with Crippen molar-refractivity contribution in [3.63, 3.8) is 0 Å². The van der Waals surface area contributed by atoms with Crippen molar-refractivity contribution in [3.05, 3.63) is 29.6 Å². The molecule has 0 aliphatic rings. The van der Waals surface area contributed by atoms with Crippen molar-refractivity contribution in [2.24, 2.45) is 5.73 Å². The van der Waals surface area contributed by atoms with Crippen LogP contribution in [-0.2, 0) is 0 Å². The molecule has 3 nitrogen and oxygen atoms in total. The van der Waals surface area contributed by atoms with E-state index in [1.807, 2.05) is 6.92 Å². The minimum Gasteiger partial charge on any atom is -0.342 e. The van der Waals surface area contributed by atoms with Crippen molar-refractivity contribution in [2.45, 2.75) is 25.7 Å². The third kappa shape index (κ3) is 2.15. The van der Waals surface area contributed by atoms with Crippen LogP contribution in [0.2, 0.25) is 0 Å².